The highest BCUT2D eigenvalue weighted by molar-refractivity contribution is 5.84. The van der Waals surface area contributed by atoms with Gasteiger partial charge in [0.25, 0.3) is 0 Å². The molecule has 1 heterocycles. The molecule has 178 valence electrons. The number of hydrogen-bond acceptors (Lipinski definition) is 2. The van der Waals surface area contributed by atoms with E-state index in [-0.39, 0.29) is 5.41 Å². The van der Waals surface area contributed by atoms with Crippen LogP contribution >= 0.6 is 0 Å². The van der Waals surface area contributed by atoms with Gasteiger partial charge < -0.3 is 9.64 Å². The molecule has 0 radical (unpaired) electrons. The standard InChI is InChI=1S/C32H39NO/c1-32(2,3)27-20-18-25(19-21-27)12-9-10-22-33(4)23-11-16-29-28-14-6-5-13-26(28)24-34-31-17-8-7-15-30(29)31/h5-8,13-21H,9-12,22-24H2,1-4H3/b29-16-. The zero-order chi connectivity index (χ0) is 24.0. The largest absolute Gasteiger partial charge is 0.488 e. The Bertz CT molecular complexity index is 1050. The van der Waals surface area contributed by atoms with Crippen LogP contribution in [-0.4, -0.2) is 25.0 Å². The van der Waals surface area contributed by atoms with Gasteiger partial charge in [-0.05, 0) is 78.6 Å². The summed E-state index contributed by atoms with van der Waals surface area (Å²) in [5.41, 5.74) is 8.15. The summed E-state index contributed by atoms with van der Waals surface area (Å²) in [7, 11) is 2.24. The molecular formula is C32H39NO. The number of nitrogens with zero attached hydrogens (tertiary/aromatic N) is 1. The molecule has 3 aromatic carbocycles. The summed E-state index contributed by atoms with van der Waals surface area (Å²) in [4.78, 5) is 2.46. The topological polar surface area (TPSA) is 12.5 Å². The smallest absolute Gasteiger partial charge is 0.127 e. The summed E-state index contributed by atoms with van der Waals surface area (Å²) in [5.74, 6) is 0.980. The van der Waals surface area contributed by atoms with Gasteiger partial charge in [0.1, 0.15) is 12.4 Å². The summed E-state index contributed by atoms with van der Waals surface area (Å²) in [5, 5.41) is 0. The quantitative estimate of drug-likeness (QED) is 0.325. The van der Waals surface area contributed by atoms with E-state index in [4.69, 9.17) is 4.74 Å². The van der Waals surface area contributed by atoms with Crippen LogP contribution in [0.25, 0.3) is 5.57 Å². The Kier molecular flexibility index (Phi) is 7.90. The average Bonchev–Trinajstić information content (AvgIpc) is 2.99. The fourth-order valence-electron chi connectivity index (χ4n) is 4.67. The molecule has 3 aromatic rings. The molecule has 0 aliphatic carbocycles. The van der Waals surface area contributed by atoms with E-state index in [0.29, 0.717) is 6.61 Å². The molecule has 0 amide bonds. The molecule has 2 nitrogen and oxygen atoms in total. The van der Waals surface area contributed by atoms with Crippen LogP contribution in [0.3, 0.4) is 0 Å². The summed E-state index contributed by atoms with van der Waals surface area (Å²) in [6.07, 6.45) is 7.06. The van der Waals surface area contributed by atoms with Crippen LogP contribution in [0.1, 0.15) is 67.9 Å². The Labute approximate surface area is 206 Å². The number of para-hydroxylation sites is 1. The first-order valence-electron chi connectivity index (χ1n) is 12.7. The number of hydrogen-bond donors (Lipinski definition) is 0. The lowest BCUT2D eigenvalue weighted by Gasteiger charge is -2.19. The van der Waals surface area contributed by atoms with E-state index in [2.05, 4.69) is 112 Å². The molecule has 0 N–H and O–H groups in total. The van der Waals surface area contributed by atoms with Crippen molar-refractivity contribution in [1.82, 2.24) is 4.90 Å². The molecule has 0 fully saturated rings. The highest BCUT2D eigenvalue weighted by Gasteiger charge is 2.18. The second kappa shape index (κ2) is 11.1. The Morgan fingerprint density at radius 1 is 0.824 bits per heavy atom. The van der Waals surface area contributed by atoms with Gasteiger partial charge in [0.15, 0.2) is 0 Å². The number of aryl methyl sites for hydroxylation is 1. The van der Waals surface area contributed by atoms with E-state index < -0.39 is 0 Å². The van der Waals surface area contributed by atoms with Crippen LogP contribution in [0.2, 0.25) is 0 Å². The van der Waals surface area contributed by atoms with Gasteiger partial charge in [0, 0.05) is 12.1 Å². The predicted molar refractivity (Wildman–Crippen MR) is 144 cm³/mol. The van der Waals surface area contributed by atoms with Crippen molar-refractivity contribution in [2.75, 3.05) is 20.1 Å². The highest BCUT2D eigenvalue weighted by Crippen LogP contribution is 2.36. The first-order valence-corrected chi connectivity index (χ1v) is 12.7. The first-order chi connectivity index (χ1) is 16.4. The summed E-state index contributed by atoms with van der Waals surface area (Å²) in [6.45, 7) is 9.65. The van der Waals surface area contributed by atoms with Gasteiger partial charge in [0.2, 0.25) is 0 Å². The average molecular weight is 454 g/mol. The second-order valence-electron chi connectivity index (χ2n) is 10.6. The maximum absolute atomic E-state index is 6.11. The van der Waals surface area contributed by atoms with Crippen LogP contribution in [0, 0.1) is 0 Å². The molecule has 0 saturated heterocycles. The maximum Gasteiger partial charge on any atom is 0.127 e. The zero-order valence-electron chi connectivity index (χ0n) is 21.3. The Morgan fingerprint density at radius 3 is 2.29 bits per heavy atom. The minimum Gasteiger partial charge on any atom is -0.488 e. The van der Waals surface area contributed by atoms with E-state index in [1.807, 2.05) is 0 Å². The lowest BCUT2D eigenvalue weighted by atomic mass is 9.86. The SMILES string of the molecule is CN(CC/C=C1/c2ccccc2COc2ccccc21)CCCCc1ccc(C(C)(C)C)cc1. The van der Waals surface area contributed by atoms with Crippen LogP contribution in [0.5, 0.6) is 5.75 Å². The molecule has 2 heteroatoms. The van der Waals surface area contributed by atoms with Gasteiger partial charge in [-0.2, -0.15) is 0 Å². The summed E-state index contributed by atoms with van der Waals surface area (Å²) < 4.78 is 6.11. The highest BCUT2D eigenvalue weighted by atomic mass is 16.5. The summed E-state index contributed by atoms with van der Waals surface area (Å²) >= 11 is 0. The third-order valence-electron chi connectivity index (χ3n) is 6.80. The van der Waals surface area contributed by atoms with Crippen molar-refractivity contribution in [3.8, 4) is 5.75 Å². The monoisotopic (exact) mass is 453 g/mol. The molecule has 1 aliphatic heterocycles. The molecule has 4 rings (SSSR count). The maximum atomic E-state index is 6.11. The number of unbranched alkanes of at least 4 members (excludes halogenated alkanes) is 1. The van der Waals surface area contributed by atoms with E-state index in [1.165, 1.54) is 46.2 Å². The molecule has 0 spiro atoms. The van der Waals surface area contributed by atoms with E-state index >= 15 is 0 Å². The molecule has 1 aliphatic rings. The van der Waals surface area contributed by atoms with Crippen LogP contribution in [-0.2, 0) is 18.4 Å². The van der Waals surface area contributed by atoms with Gasteiger partial charge >= 0.3 is 0 Å². The predicted octanol–water partition coefficient (Wildman–Crippen LogP) is 7.65. The lowest BCUT2D eigenvalue weighted by Crippen LogP contribution is -2.20. The third kappa shape index (κ3) is 6.18. The molecule has 0 bridgehead atoms. The molecule has 0 saturated carbocycles. The van der Waals surface area contributed by atoms with E-state index in [0.717, 1.165) is 31.7 Å². The molecule has 0 unspecified atom stereocenters. The Morgan fingerprint density at radius 2 is 1.53 bits per heavy atom. The van der Waals surface area contributed by atoms with E-state index in [1.54, 1.807) is 0 Å². The van der Waals surface area contributed by atoms with Gasteiger partial charge in [-0.3, -0.25) is 0 Å². The van der Waals surface area contributed by atoms with Crippen molar-refractivity contribution in [2.24, 2.45) is 0 Å². The van der Waals surface area contributed by atoms with Crippen LogP contribution in [0.15, 0.2) is 78.9 Å². The van der Waals surface area contributed by atoms with Crippen molar-refractivity contribution < 1.29 is 4.74 Å². The summed E-state index contributed by atoms with van der Waals surface area (Å²) in [6, 6.07) is 26.3. The number of ether oxygens (including phenoxy) is 1. The normalized spacial score (nSPS) is 14.4. The van der Waals surface area contributed by atoms with Crippen molar-refractivity contribution in [2.45, 2.75) is 58.5 Å². The molecule has 34 heavy (non-hydrogen) atoms. The van der Waals surface area contributed by atoms with Crippen molar-refractivity contribution >= 4 is 5.57 Å². The fraction of sp³-hybridized carbons (Fsp3) is 0.375. The van der Waals surface area contributed by atoms with Crippen LogP contribution in [0.4, 0.5) is 0 Å². The third-order valence-corrected chi connectivity index (χ3v) is 6.80. The Hall–Kier alpha value is -2.84. The van der Waals surface area contributed by atoms with Gasteiger partial charge in [0.05, 0.1) is 0 Å². The van der Waals surface area contributed by atoms with Gasteiger partial charge in [-0.1, -0.05) is 93.6 Å². The second-order valence-corrected chi connectivity index (χ2v) is 10.6. The number of benzene rings is 3. The Balaban J connectivity index is 1.29. The van der Waals surface area contributed by atoms with Crippen molar-refractivity contribution in [1.29, 1.82) is 0 Å². The number of fused-ring (bicyclic) bond motifs is 2. The lowest BCUT2D eigenvalue weighted by molar-refractivity contribution is 0.307. The molecular weight excluding hydrogens is 414 g/mol. The fourth-order valence-corrected chi connectivity index (χ4v) is 4.67. The minimum absolute atomic E-state index is 0.227. The van der Waals surface area contributed by atoms with E-state index in [9.17, 15) is 0 Å². The zero-order valence-corrected chi connectivity index (χ0v) is 21.3. The van der Waals surface area contributed by atoms with Crippen molar-refractivity contribution in [3.05, 3.63) is 107 Å². The number of rotatable bonds is 8. The molecule has 0 atom stereocenters. The van der Waals surface area contributed by atoms with Gasteiger partial charge in [-0.15, -0.1) is 0 Å². The van der Waals surface area contributed by atoms with Crippen molar-refractivity contribution in [3.63, 3.8) is 0 Å². The van der Waals surface area contributed by atoms with Gasteiger partial charge in [-0.25, -0.2) is 0 Å². The molecule has 0 aromatic heterocycles. The minimum atomic E-state index is 0.227. The van der Waals surface area contributed by atoms with Crippen LogP contribution < -0.4 is 4.74 Å². The first kappa shape index (κ1) is 24.3.